The Kier molecular flexibility index (Phi) is 12.9. The van der Waals surface area contributed by atoms with Gasteiger partial charge in [-0.2, -0.15) is 0 Å². The fraction of sp³-hybridized carbons (Fsp3) is 0.864. The molecule has 0 aliphatic rings. The van der Waals surface area contributed by atoms with Crippen LogP contribution in [0.2, 0.25) is 0 Å². The number of hydrogen-bond donors (Lipinski definition) is 0. The van der Waals surface area contributed by atoms with E-state index in [4.69, 9.17) is 0 Å². The van der Waals surface area contributed by atoms with Gasteiger partial charge in [-0.15, -0.1) is 0 Å². The summed E-state index contributed by atoms with van der Waals surface area (Å²) in [5.41, 5.74) is 0. The van der Waals surface area contributed by atoms with E-state index in [9.17, 15) is 0 Å². The first-order valence-electron chi connectivity index (χ1n) is 10.8. The zero-order chi connectivity index (χ0) is 17.5. The third kappa shape index (κ3) is 9.49. The first kappa shape index (κ1) is 21.3. The largest absolute Gasteiger partial charge is 0.256 e. The molecule has 0 fully saturated rings. The third-order valence-corrected chi connectivity index (χ3v) is 5.22. The molecule has 1 rings (SSSR count). The highest BCUT2D eigenvalue weighted by molar-refractivity contribution is 4.82. The van der Waals surface area contributed by atoms with E-state index in [0.29, 0.717) is 0 Å². The van der Waals surface area contributed by atoms with E-state index < -0.39 is 0 Å². The van der Waals surface area contributed by atoms with Crippen molar-refractivity contribution in [2.24, 2.45) is 7.05 Å². The van der Waals surface area contributed by atoms with E-state index in [0.717, 1.165) is 0 Å². The molecule has 140 valence electrons. The average molecular weight is 336 g/mol. The zero-order valence-corrected chi connectivity index (χ0v) is 16.9. The lowest BCUT2D eigenvalue weighted by atomic mass is 10.0. The lowest BCUT2D eigenvalue weighted by Gasteiger charge is -2.04. The molecule has 0 spiro atoms. The number of hydrogen-bond acceptors (Lipinski definition) is 0. The van der Waals surface area contributed by atoms with Crippen LogP contribution in [0.15, 0.2) is 12.4 Å². The minimum atomic E-state index is 1.19. The van der Waals surface area contributed by atoms with Crippen LogP contribution in [0.4, 0.5) is 0 Å². The molecule has 0 saturated carbocycles. The molecule has 0 aliphatic carbocycles. The number of unbranched alkanes of at least 4 members (excludes halogenated alkanes) is 12. The van der Waals surface area contributed by atoms with E-state index in [1.807, 2.05) is 0 Å². The molecule has 0 unspecified atom stereocenters. The van der Waals surface area contributed by atoms with Crippen LogP contribution in [0.3, 0.4) is 0 Å². The molecule has 0 aliphatic heterocycles. The van der Waals surface area contributed by atoms with Crippen LogP contribution in [0.5, 0.6) is 0 Å². The Balaban J connectivity index is 1.98. The van der Waals surface area contributed by atoms with Crippen LogP contribution >= 0.6 is 0 Å². The maximum atomic E-state index is 2.46. The van der Waals surface area contributed by atoms with Gasteiger partial charge in [0.05, 0.1) is 13.6 Å². The number of nitrogens with zero attached hydrogens (tertiary/aromatic N) is 2. The van der Waals surface area contributed by atoms with E-state index in [2.05, 4.69) is 42.4 Å². The van der Waals surface area contributed by atoms with Gasteiger partial charge in [-0.1, -0.05) is 90.9 Å². The predicted molar refractivity (Wildman–Crippen MR) is 105 cm³/mol. The van der Waals surface area contributed by atoms with Crippen molar-refractivity contribution in [2.75, 3.05) is 0 Å². The maximum absolute atomic E-state index is 2.46. The Morgan fingerprint density at radius 1 is 0.708 bits per heavy atom. The van der Waals surface area contributed by atoms with Gasteiger partial charge in [0.1, 0.15) is 12.4 Å². The van der Waals surface area contributed by atoms with Gasteiger partial charge in [0, 0.05) is 6.42 Å². The van der Waals surface area contributed by atoms with Crippen molar-refractivity contribution in [3.05, 3.63) is 18.2 Å². The van der Waals surface area contributed by atoms with Crippen molar-refractivity contribution >= 4 is 0 Å². The monoisotopic (exact) mass is 335 g/mol. The summed E-state index contributed by atoms with van der Waals surface area (Å²) >= 11 is 0. The number of aromatic nitrogens is 2. The quantitative estimate of drug-likeness (QED) is 0.246. The molecule has 24 heavy (non-hydrogen) atoms. The standard InChI is InChI=1S/C22H43N2/c1-4-6-8-9-10-11-12-13-14-15-16-17-18-22-23(3)20-21-24(22)19-7-5-2/h20-21H,4-19H2,1-3H3/q+1. The second-order valence-corrected chi connectivity index (χ2v) is 7.51. The summed E-state index contributed by atoms with van der Waals surface area (Å²) in [5.74, 6) is 1.51. The van der Waals surface area contributed by atoms with Crippen LogP contribution in [-0.2, 0) is 20.0 Å². The van der Waals surface area contributed by atoms with E-state index in [1.165, 1.54) is 109 Å². The van der Waals surface area contributed by atoms with Crippen LogP contribution in [0.1, 0.15) is 110 Å². The molecule has 1 heterocycles. The normalized spacial score (nSPS) is 11.3. The highest BCUT2D eigenvalue weighted by Crippen LogP contribution is 2.12. The van der Waals surface area contributed by atoms with Crippen LogP contribution in [0.25, 0.3) is 0 Å². The van der Waals surface area contributed by atoms with E-state index in [-0.39, 0.29) is 0 Å². The topological polar surface area (TPSA) is 8.81 Å². The van der Waals surface area contributed by atoms with Crippen LogP contribution < -0.4 is 4.57 Å². The third-order valence-electron chi connectivity index (χ3n) is 5.22. The molecule has 0 aromatic carbocycles. The Labute approximate surface area is 151 Å². The molecule has 2 heteroatoms. The highest BCUT2D eigenvalue weighted by Gasteiger charge is 2.13. The zero-order valence-electron chi connectivity index (χ0n) is 16.9. The molecule has 0 atom stereocenters. The summed E-state index contributed by atoms with van der Waals surface area (Å²) < 4.78 is 4.77. The Bertz CT molecular complexity index is 395. The molecule has 2 nitrogen and oxygen atoms in total. The summed E-state index contributed by atoms with van der Waals surface area (Å²) in [6, 6.07) is 0. The summed E-state index contributed by atoms with van der Waals surface area (Å²) in [7, 11) is 2.19. The van der Waals surface area contributed by atoms with Gasteiger partial charge in [0.25, 0.3) is 5.82 Å². The van der Waals surface area contributed by atoms with Crippen molar-refractivity contribution in [2.45, 2.75) is 117 Å². The molecular weight excluding hydrogens is 292 g/mol. The smallest absolute Gasteiger partial charge is 0.237 e. The Morgan fingerprint density at radius 3 is 1.75 bits per heavy atom. The minimum absolute atomic E-state index is 1.19. The van der Waals surface area contributed by atoms with Crippen LogP contribution in [-0.4, -0.2) is 4.57 Å². The second kappa shape index (κ2) is 14.5. The van der Waals surface area contributed by atoms with Gasteiger partial charge < -0.3 is 0 Å². The van der Waals surface area contributed by atoms with Gasteiger partial charge in [0.2, 0.25) is 0 Å². The van der Waals surface area contributed by atoms with Gasteiger partial charge in [-0.3, -0.25) is 0 Å². The Hall–Kier alpha value is -0.790. The Morgan fingerprint density at radius 2 is 1.21 bits per heavy atom. The first-order valence-corrected chi connectivity index (χ1v) is 10.8. The van der Waals surface area contributed by atoms with Crippen LogP contribution in [0, 0.1) is 0 Å². The van der Waals surface area contributed by atoms with E-state index >= 15 is 0 Å². The summed E-state index contributed by atoms with van der Waals surface area (Å²) in [6.45, 7) is 5.75. The van der Waals surface area contributed by atoms with Crippen molar-refractivity contribution in [3.63, 3.8) is 0 Å². The van der Waals surface area contributed by atoms with Crippen molar-refractivity contribution < 1.29 is 4.57 Å². The first-order chi connectivity index (χ1) is 11.8. The molecule has 0 radical (unpaired) electrons. The lowest BCUT2D eigenvalue weighted by Crippen LogP contribution is -2.37. The molecule has 1 aromatic rings. The number of aryl methyl sites for hydroxylation is 2. The second-order valence-electron chi connectivity index (χ2n) is 7.51. The van der Waals surface area contributed by atoms with Crippen molar-refractivity contribution in [1.82, 2.24) is 4.57 Å². The fourth-order valence-corrected chi connectivity index (χ4v) is 3.53. The molecule has 0 saturated heterocycles. The molecule has 0 bridgehead atoms. The highest BCUT2D eigenvalue weighted by atomic mass is 15.1. The van der Waals surface area contributed by atoms with Gasteiger partial charge in [0.15, 0.2) is 0 Å². The van der Waals surface area contributed by atoms with Crippen molar-refractivity contribution in [1.29, 1.82) is 0 Å². The molecule has 1 aromatic heterocycles. The van der Waals surface area contributed by atoms with Gasteiger partial charge in [-0.25, -0.2) is 9.13 Å². The molecular formula is C22H43N2+. The van der Waals surface area contributed by atoms with Gasteiger partial charge in [-0.05, 0) is 12.8 Å². The summed E-state index contributed by atoms with van der Waals surface area (Å²) in [4.78, 5) is 0. The maximum Gasteiger partial charge on any atom is 0.256 e. The average Bonchev–Trinajstić information content (AvgIpc) is 2.94. The summed E-state index contributed by atoms with van der Waals surface area (Å²) in [6.07, 6.45) is 25.4. The minimum Gasteiger partial charge on any atom is -0.237 e. The number of imidazole rings is 1. The lowest BCUT2D eigenvalue weighted by molar-refractivity contribution is -0.704. The van der Waals surface area contributed by atoms with Crippen molar-refractivity contribution in [3.8, 4) is 0 Å². The predicted octanol–water partition coefficient (Wildman–Crippen LogP) is 6.36. The summed E-state index contributed by atoms with van der Waals surface area (Å²) in [5, 5.41) is 0. The fourth-order valence-electron chi connectivity index (χ4n) is 3.53. The number of rotatable bonds is 16. The molecule has 0 N–H and O–H groups in total. The van der Waals surface area contributed by atoms with Gasteiger partial charge >= 0.3 is 0 Å². The molecule has 0 amide bonds. The van der Waals surface area contributed by atoms with E-state index in [1.54, 1.807) is 0 Å². The SMILES string of the molecule is CCCCCCCCCCCCCCc1n(C)cc[n+]1CCCC.